The van der Waals surface area contributed by atoms with Crippen LogP contribution in [-0.4, -0.2) is 43.0 Å². The van der Waals surface area contributed by atoms with Gasteiger partial charge in [0.05, 0.1) is 23.5 Å². The topological polar surface area (TPSA) is 87.7 Å². The minimum Gasteiger partial charge on any atom is -0.336 e. The molecule has 28 heavy (non-hydrogen) atoms. The van der Waals surface area contributed by atoms with Crippen LogP contribution in [0, 0.1) is 0 Å². The molecule has 4 rings (SSSR count). The first-order valence-electron chi connectivity index (χ1n) is 8.78. The van der Waals surface area contributed by atoms with E-state index in [0.29, 0.717) is 17.9 Å². The first-order chi connectivity index (χ1) is 13.7. The molecule has 4 aromatic rings. The zero-order valence-corrected chi connectivity index (χ0v) is 15.3. The zero-order valence-electron chi connectivity index (χ0n) is 15.3. The molecular formula is C21H18N6O. The Morgan fingerprint density at radius 3 is 2.46 bits per heavy atom. The maximum absolute atomic E-state index is 12.7. The van der Waals surface area contributed by atoms with Crippen molar-refractivity contribution in [3.63, 3.8) is 0 Å². The van der Waals surface area contributed by atoms with Crippen molar-refractivity contribution in [3.05, 3.63) is 84.6 Å². The second-order valence-corrected chi connectivity index (χ2v) is 6.34. The van der Waals surface area contributed by atoms with Gasteiger partial charge in [-0.15, -0.1) is 0 Å². The van der Waals surface area contributed by atoms with Gasteiger partial charge < -0.3 is 4.90 Å². The van der Waals surface area contributed by atoms with E-state index in [1.54, 1.807) is 24.3 Å². The van der Waals surface area contributed by atoms with Crippen LogP contribution in [-0.2, 0) is 6.54 Å². The molecule has 0 aliphatic carbocycles. The standard InChI is InChI=1S/C21H18N6O/c1-27(14-18-10-19(26-25-18)15-6-3-2-4-7-15)21(28)17-12-23-20(24-13-17)16-8-5-9-22-11-16/h2-13H,14H2,1H3,(H,25,26). The van der Waals surface area contributed by atoms with Gasteiger partial charge in [-0.05, 0) is 18.2 Å². The highest BCUT2D eigenvalue weighted by Crippen LogP contribution is 2.18. The molecule has 0 fully saturated rings. The van der Waals surface area contributed by atoms with Crippen LogP contribution >= 0.6 is 0 Å². The molecule has 0 bridgehead atoms. The molecule has 0 saturated heterocycles. The predicted molar refractivity (Wildman–Crippen MR) is 105 cm³/mol. The molecule has 1 N–H and O–H groups in total. The first-order valence-corrected chi connectivity index (χ1v) is 8.78. The summed E-state index contributed by atoms with van der Waals surface area (Å²) in [4.78, 5) is 26.9. The van der Waals surface area contributed by atoms with Crippen LogP contribution in [0.25, 0.3) is 22.6 Å². The van der Waals surface area contributed by atoms with E-state index >= 15 is 0 Å². The van der Waals surface area contributed by atoms with Crippen LogP contribution in [0.1, 0.15) is 16.1 Å². The number of hydrogen-bond donors (Lipinski definition) is 1. The monoisotopic (exact) mass is 370 g/mol. The zero-order chi connectivity index (χ0) is 19.3. The highest BCUT2D eigenvalue weighted by atomic mass is 16.2. The van der Waals surface area contributed by atoms with E-state index in [4.69, 9.17) is 0 Å². The van der Waals surface area contributed by atoms with Gasteiger partial charge in [-0.3, -0.25) is 14.9 Å². The Bertz CT molecular complexity index is 1060. The van der Waals surface area contributed by atoms with Gasteiger partial charge in [0.25, 0.3) is 5.91 Å². The number of hydrogen-bond acceptors (Lipinski definition) is 5. The Morgan fingerprint density at radius 2 is 1.75 bits per heavy atom. The fourth-order valence-electron chi connectivity index (χ4n) is 2.83. The number of carbonyl (C=O) groups is 1. The lowest BCUT2D eigenvalue weighted by Crippen LogP contribution is -2.26. The molecular weight excluding hydrogens is 352 g/mol. The van der Waals surface area contributed by atoms with Gasteiger partial charge in [0, 0.05) is 43.0 Å². The van der Waals surface area contributed by atoms with Crippen LogP contribution in [0.3, 0.4) is 0 Å². The molecule has 7 heteroatoms. The second kappa shape index (κ2) is 7.79. The van der Waals surface area contributed by atoms with Crippen molar-refractivity contribution >= 4 is 5.91 Å². The van der Waals surface area contributed by atoms with Crippen LogP contribution in [0.15, 0.2) is 73.3 Å². The van der Waals surface area contributed by atoms with Gasteiger partial charge in [-0.1, -0.05) is 30.3 Å². The second-order valence-electron chi connectivity index (χ2n) is 6.34. The van der Waals surface area contributed by atoms with Crippen LogP contribution in [0.4, 0.5) is 0 Å². The summed E-state index contributed by atoms with van der Waals surface area (Å²) in [5, 5.41) is 7.31. The van der Waals surface area contributed by atoms with E-state index in [2.05, 4.69) is 25.1 Å². The number of pyridine rings is 1. The van der Waals surface area contributed by atoms with Gasteiger partial charge in [0.15, 0.2) is 5.82 Å². The number of nitrogens with zero attached hydrogens (tertiary/aromatic N) is 5. The molecule has 0 atom stereocenters. The molecule has 0 saturated carbocycles. The van der Waals surface area contributed by atoms with E-state index < -0.39 is 0 Å². The Balaban J connectivity index is 1.44. The van der Waals surface area contributed by atoms with E-state index in [-0.39, 0.29) is 5.91 Å². The van der Waals surface area contributed by atoms with Gasteiger partial charge >= 0.3 is 0 Å². The molecule has 0 aliphatic heterocycles. The van der Waals surface area contributed by atoms with Crippen molar-refractivity contribution < 1.29 is 4.79 Å². The third kappa shape index (κ3) is 3.78. The van der Waals surface area contributed by atoms with Gasteiger partial charge in [-0.2, -0.15) is 5.10 Å². The minimum atomic E-state index is -0.159. The fourth-order valence-corrected chi connectivity index (χ4v) is 2.83. The molecule has 1 amide bonds. The Hall–Kier alpha value is -3.87. The maximum atomic E-state index is 12.7. The molecule has 138 valence electrons. The number of amides is 1. The third-order valence-corrected chi connectivity index (χ3v) is 4.27. The number of H-pyrrole nitrogens is 1. The molecule has 3 heterocycles. The van der Waals surface area contributed by atoms with Crippen LogP contribution in [0.5, 0.6) is 0 Å². The summed E-state index contributed by atoms with van der Waals surface area (Å²) >= 11 is 0. The maximum Gasteiger partial charge on any atom is 0.257 e. The summed E-state index contributed by atoms with van der Waals surface area (Å²) in [7, 11) is 1.74. The number of aromatic amines is 1. The molecule has 1 aromatic carbocycles. The smallest absolute Gasteiger partial charge is 0.257 e. The third-order valence-electron chi connectivity index (χ3n) is 4.27. The fraction of sp³-hybridized carbons (Fsp3) is 0.0952. The first kappa shape index (κ1) is 17.5. The number of carbonyl (C=O) groups excluding carboxylic acids is 1. The highest BCUT2D eigenvalue weighted by Gasteiger charge is 2.15. The lowest BCUT2D eigenvalue weighted by molar-refractivity contribution is 0.0782. The summed E-state index contributed by atoms with van der Waals surface area (Å²) in [5.41, 5.74) is 3.96. The van der Waals surface area contributed by atoms with Gasteiger partial charge in [0.1, 0.15) is 0 Å². The number of rotatable bonds is 5. The quantitative estimate of drug-likeness (QED) is 0.583. The van der Waals surface area contributed by atoms with E-state index in [0.717, 1.165) is 22.5 Å². The summed E-state index contributed by atoms with van der Waals surface area (Å²) in [6.45, 7) is 0.406. The Kier molecular flexibility index (Phi) is 4.88. The summed E-state index contributed by atoms with van der Waals surface area (Å²) < 4.78 is 0. The molecule has 0 unspecified atom stereocenters. The molecule has 0 radical (unpaired) electrons. The SMILES string of the molecule is CN(Cc1cc(-c2ccccc2)n[nH]1)C(=O)c1cnc(-c2cccnc2)nc1. The lowest BCUT2D eigenvalue weighted by Gasteiger charge is -2.15. The average Bonchev–Trinajstić information content (AvgIpc) is 3.23. The lowest BCUT2D eigenvalue weighted by atomic mass is 10.1. The van der Waals surface area contributed by atoms with Gasteiger partial charge in [-0.25, -0.2) is 9.97 Å². The average molecular weight is 370 g/mol. The normalized spacial score (nSPS) is 10.6. The Labute approximate surface area is 162 Å². The van der Waals surface area contributed by atoms with E-state index in [1.165, 1.54) is 12.4 Å². The van der Waals surface area contributed by atoms with Crippen molar-refractivity contribution in [1.82, 2.24) is 30.0 Å². The molecule has 3 aromatic heterocycles. The van der Waals surface area contributed by atoms with Crippen LogP contribution in [0.2, 0.25) is 0 Å². The van der Waals surface area contributed by atoms with Crippen molar-refractivity contribution in [2.24, 2.45) is 0 Å². The largest absolute Gasteiger partial charge is 0.336 e. The van der Waals surface area contributed by atoms with Crippen molar-refractivity contribution in [1.29, 1.82) is 0 Å². The highest BCUT2D eigenvalue weighted by molar-refractivity contribution is 5.93. The van der Waals surface area contributed by atoms with E-state index in [9.17, 15) is 4.79 Å². The molecule has 0 aliphatic rings. The van der Waals surface area contributed by atoms with Crippen molar-refractivity contribution in [2.75, 3.05) is 7.05 Å². The summed E-state index contributed by atoms with van der Waals surface area (Å²) in [5.74, 6) is 0.377. The molecule has 0 spiro atoms. The van der Waals surface area contributed by atoms with Crippen molar-refractivity contribution in [3.8, 4) is 22.6 Å². The summed E-state index contributed by atoms with van der Waals surface area (Å²) in [6.07, 6.45) is 6.45. The number of nitrogens with one attached hydrogen (secondary N) is 1. The van der Waals surface area contributed by atoms with Crippen molar-refractivity contribution in [2.45, 2.75) is 6.54 Å². The predicted octanol–water partition coefficient (Wildman–Crippen LogP) is 3.20. The van der Waals surface area contributed by atoms with E-state index in [1.807, 2.05) is 48.5 Å². The number of aromatic nitrogens is 5. The Morgan fingerprint density at radius 1 is 1.00 bits per heavy atom. The number of benzene rings is 1. The van der Waals surface area contributed by atoms with Crippen LogP contribution < -0.4 is 0 Å². The van der Waals surface area contributed by atoms with Gasteiger partial charge in [0.2, 0.25) is 0 Å². The molecule has 7 nitrogen and oxygen atoms in total. The summed E-state index contributed by atoms with van der Waals surface area (Å²) in [6, 6.07) is 15.5. The minimum absolute atomic E-state index is 0.159.